The summed E-state index contributed by atoms with van der Waals surface area (Å²) in [5, 5.41) is 2.08. The monoisotopic (exact) mass is 291 g/mol. The molecule has 1 saturated heterocycles. The first-order valence-electron chi connectivity index (χ1n) is 7.10. The molecule has 1 unspecified atom stereocenters. The topological polar surface area (TPSA) is 55.3 Å². The molecule has 0 aliphatic carbocycles. The van der Waals surface area contributed by atoms with E-state index in [2.05, 4.69) is 23.3 Å². The highest BCUT2D eigenvalue weighted by molar-refractivity contribution is 7.13. The molecule has 0 saturated carbocycles. The minimum atomic E-state index is 0.640. The normalized spacial score (nSPS) is 19.9. The van der Waals surface area contributed by atoms with Crippen molar-refractivity contribution in [3.63, 3.8) is 0 Å². The fourth-order valence-corrected chi connectivity index (χ4v) is 3.57. The van der Waals surface area contributed by atoms with Crippen molar-refractivity contribution in [2.24, 2.45) is 11.7 Å². The largest absolute Gasteiger partial charge is 0.440 e. The molecule has 3 heterocycles. The quantitative estimate of drug-likeness (QED) is 0.941. The summed E-state index contributed by atoms with van der Waals surface area (Å²) in [7, 11) is 0. The van der Waals surface area contributed by atoms with Gasteiger partial charge in [0.1, 0.15) is 5.76 Å². The lowest BCUT2D eigenvalue weighted by Gasteiger charge is -2.13. The zero-order chi connectivity index (χ0) is 14.1. The van der Waals surface area contributed by atoms with Gasteiger partial charge in [0.05, 0.1) is 10.6 Å². The minimum Gasteiger partial charge on any atom is -0.440 e. The van der Waals surface area contributed by atoms with Gasteiger partial charge in [0, 0.05) is 13.1 Å². The maximum absolute atomic E-state index is 5.85. The molecule has 1 aliphatic heterocycles. The number of aryl methyl sites for hydroxylation is 2. The number of hydrogen-bond acceptors (Lipinski definition) is 5. The molecule has 20 heavy (non-hydrogen) atoms. The Morgan fingerprint density at radius 3 is 3.00 bits per heavy atom. The summed E-state index contributed by atoms with van der Waals surface area (Å²) in [6.07, 6.45) is 1.20. The van der Waals surface area contributed by atoms with Crippen molar-refractivity contribution in [1.29, 1.82) is 0 Å². The summed E-state index contributed by atoms with van der Waals surface area (Å²) < 4.78 is 5.85. The molecule has 0 amide bonds. The smallest absolute Gasteiger partial charge is 0.237 e. The minimum absolute atomic E-state index is 0.640. The standard InChI is InChI=1S/C15H21N3OS/c1-10-4-6-20-14(10)15-17-13(11(2)19-15)9-18-5-3-12(7-16)8-18/h4,6,12H,3,5,7-9,16H2,1-2H3. The lowest BCUT2D eigenvalue weighted by Crippen LogP contribution is -2.23. The van der Waals surface area contributed by atoms with Crippen LogP contribution in [0.2, 0.25) is 0 Å². The zero-order valence-electron chi connectivity index (χ0n) is 12.1. The molecule has 2 N–H and O–H groups in total. The molecular weight excluding hydrogens is 270 g/mol. The number of thiophene rings is 1. The predicted molar refractivity (Wildman–Crippen MR) is 81.7 cm³/mol. The van der Waals surface area contributed by atoms with Crippen molar-refractivity contribution in [2.75, 3.05) is 19.6 Å². The summed E-state index contributed by atoms with van der Waals surface area (Å²) in [5.41, 5.74) is 8.03. The molecular formula is C15H21N3OS. The number of hydrogen-bond donors (Lipinski definition) is 1. The summed E-state index contributed by atoms with van der Waals surface area (Å²) in [6.45, 7) is 7.95. The van der Waals surface area contributed by atoms with E-state index in [0.717, 1.165) is 48.4 Å². The Labute approximate surface area is 123 Å². The van der Waals surface area contributed by atoms with Gasteiger partial charge in [0.2, 0.25) is 5.89 Å². The van der Waals surface area contributed by atoms with Gasteiger partial charge < -0.3 is 10.2 Å². The van der Waals surface area contributed by atoms with Crippen molar-refractivity contribution in [3.05, 3.63) is 28.5 Å². The number of nitrogens with zero attached hydrogens (tertiary/aromatic N) is 2. The van der Waals surface area contributed by atoms with Crippen LogP contribution in [0.5, 0.6) is 0 Å². The highest BCUT2D eigenvalue weighted by atomic mass is 32.1. The van der Waals surface area contributed by atoms with Crippen LogP contribution in [-0.2, 0) is 6.54 Å². The van der Waals surface area contributed by atoms with E-state index in [1.54, 1.807) is 11.3 Å². The second kappa shape index (κ2) is 5.68. The van der Waals surface area contributed by atoms with Crippen molar-refractivity contribution < 1.29 is 4.42 Å². The molecule has 0 bridgehead atoms. The van der Waals surface area contributed by atoms with Gasteiger partial charge in [0.25, 0.3) is 0 Å². The Morgan fingerprint density at radius 1 is 1.50 bits per heavy atom. The van der Waals surface area contributed by atoms with Gasteiger partial charge in [-0.25, -0.2) is 4.98 Å². The third-order valence-electron chi connectivity index (χ3n) is 4.03. The van der Waals surface area contributed by atoms with E-state index in [4.69, 9.17) is 15.1 Å². The Bertz CT molecular complexity index is 590. The first-order valence-corrected chi connectivity index (χ1v) is 7.98. The first kappa shape index (κ1) is 13.8. The third-order valence-corrected chi connectivity index (χ3v) is 5.03. The van der Waals surface area contributed by atoms with Crippen LogP contribution in [0.15, 0.2) is 15.9 Å². The second-order valence-electron chi connectivity index (χ2n) is 5.58. The van der Waals surface area contributed by atoms with Gasteiger partial charge >= 0.3 is 0 Å². The van der Waals surface area contributed by atoms with E-state index in [1.807, 2.05) is 6.92 Å². The average Bonchev–Trinajstić information content (AvgIpc) is 3.12. The molecule has 5 heteroatoms. The summed E-state index contributed by atoms with van der Waals surface area (Å²) in [6, 6.07) is 2.10. The van der Waals surface area contributed by atoms with Crippen LogP contribution < -0.4 is 5.73 Å². The Hall–Kier alpha value is -1.17. The number of aromatic nitrogens is 1. The van der Waals surface area contributed by atoms with Crippen LogP contribution in [0, 0.1) is 19.8 Å². The van der Waals surface area contributed by atoms with Crippen LogP contribution >= 0.6 is 11.3 Å². The molecule has 1 fully saturated rings. The molecule has 2 aromatic rings. The average molecular weight is 291 g/mol. The van der Waals surface area contributed by atoms with E-state index in [-0.39, 0.29) is 0 Å². The maximum Gasteiger partial charge on any atom is 0.237 e. The number of likely N-dealkylation sites (tertiary alicyclic amines) is 1. The van der Waals surface area contributed by atoms with Crippen LogP contribution in [0.1, 0.15) is 23.4 Å². The second-order valence-corrected chi connectivity index (χ2v) is 6.50. The summed E-state index contributed by atoms with van der Waals surface area (Å²) in [4.78, 5) is 8.26. The van der Waals surface area contributed by atoms with Crippen molar-refractivity contribution in [1.82, 2.24) is 9.88 Å². The molecule has 0 spiro atoms. The fourth-order valence-electron chi connectivity index (χ4n) is 2.72. The van der Waals surface area contributed by atoms with Gasteiger partial charge in [-0.15, -0.1) is 11.3 Å². The summed E-state index contributed by atoms with van der Waals surface area (Å²) >= 11 is 1.69. The third kappa shape index (κ3) is 2.66. The molecule has 2 aromatic heterocycles. The molecule has 4 nitrogen and oxygen atoms in total. The van der Waals surface area contributed by atoms with Gasteiger partial charge in [0.15, 0.2) is 0 Å². The van der Waals surface area contributed by atoms with Crippen molar-refractivity contribution in [3.8, 4) is 10.8 Å². The number of oxazole rings is 1. The van der Waals surface area contributed by atoms with Crippen LogP contribution in [0.3, 0.4) is 0 Å². The zero-order valence-corrected chi connectivity index (χ0v) is 12.9. The van der Waals surface area contributed by atoms with Crippen LogP contribution in [-0.4, -0.2) is 29.5 Å². The van der Waals surface area contributed by atoms with E-state index in [0.29, 0.717) is 5.92 Å². The fraction of sp³-hybridized carbons (Fsp3) is 0.533. The number of nitrogens with two attached hydrogens (primary N) is 1. The summed E-state index contributed by atoms with van der Waals surface area (Å²) in [5.74, 6) is 2.34. The maximum atomic E-state index is 5.85. The molecule has 108 valence electrons. The molecule has 0 radical (unpaired) electrons. The van der Waals surface area contributed by atoms with E-state index in [9.17, 15) is 0 Å². The van der Waals surface area contributed by atoms with Gasteiger partial charge in [-0.1, -0.05) is 0 Å². The van der Waals surface area contributed by atoms with E-state index < -0.39 is 0 Å². The lowest BCUT2D eigenvalue weighted by molar-refractivity contribution is 0.312. The number of rotatable bonds is 4. The van der Waals surface area contributed by atoms with Gasteiger partial charge in [-0.2, -0.15) is 0 Å². The molecule has 1 atom stereocenters. The van der Waals surface area contributed by atoms with Crippen molar-refractivity contribution in [2.45, 2.75) is 26.8 Å². The Kier molecular flexibility index (Phi) is 3.92. The highest BCUT2D eigenvalue weighted by Gasteiger charge is 2.23. The van der Waals surface area contributed by atoms with Crippen LogP contribution in [0.25, 0.3) is 10.8 Å². The van der Waals surface area contributed by atoms with Gasteiger partial charge in [-0.3, -0.25) is 4.90 Å². The van der Waals surface area contributed by atoms with Crippen molar-refractivity contribution >= 4 is 11.3 Å². The SMILES string of the molecule is Cc1ccsc1-c1nc(CN2CCC(CN)C2)c(C)o1. The van der Waals surface area contributed by atoms with E-state index in [1.165, 1.54) is 12.0 Å². The van der Waals surface area contributed by atoms with E-state index >= 15 is 0 Å². The molecule has 0 aromatic carbocycles. The first-order chi connectivity index (χ1) is 9.67. The van der Waals surface area contributed by atoms with Crippen LogP contribution in [0.4, 0.5) is 0 Å². The highest BCUT2D eigenvalue weighted by Crippen LogP contribution is 2.30. The molecule has 1 aliphatic rings. The Balaban J connectivity index is 1.75. The predicted octanol–water partition coefficient (Wildman–Crippen LogP) is 2.80. The lowest BCUT2D eigenvalue weighted by atomic mass is 10.1. The van der Waals surface area contributed by atoms with Gasteiger partial charge in [-0.05, 0) is 56.3 Å². The molecule has 3 rings (SSSR count). The Morgan fingerprint density at radius 2 is 2.35 bits per heavy atom.